The van der Waals surface area contributed by atoms with Crippen molar-refractivity contribution in [3.8, 4) is 0 Å². The average Bonchev–Trinajstić information content (AvgIpc) is 2.53. The number of halogens is 1. The van der Waals surface area contributed by atoms with Crippen molar-refractivity contribution >= 4 is 18.3 Å². The number of likely N-dealkylation sites (tertiary alicyclic amines) is 1. The van der Waals surface area contributed by atoms with Crippen LogP contribution in [0, 0.1) is 18.8 Å². The summed E-state index contributed by atoms with van der Waals surface area (Å²) in [4.78, 5) is 14.2. The SMILES string of the molecule is Cc1ccc(CCC2CCN(C(=O)C(N)C(C)C)CC2)cc1.Cl. The lowest BCUT2D eigenvalue weighted by Gasteiger charge is -2.34. The molecular formula is C19H31ClN2O. The number of hydrogen-bond donors (Lipinski definition) is 1. The zero-order valence-electron chi connectivity index (χ0n) is 14.6. The van der Waals surface area contributed by atoms with Crippen molar-refractivity contribution in [3.05, 3.63) is 35.4 Å². The van der Waals surface area contributed by atoms with E-state index in [0.717, 1.165) is 38.3 Å². The molecule has 23 heavy (non-hydrogen) atoms. The van der Waals surface area contributed by atoms with Gasteiger partial charge in [-0.2, -0.15) is 0 Å². The lowest BCUT2D eigenvalue weighted by Crippen LogP contribution is -2.49. The normalized spacial score (nSPS) is 17.0. The summed E-state index contributed by atoms with van der Waals surface area (Å²) in [6, 6.07) is 8.49. The maximum Gasteiger partial charge on any atom is 0.239 e. The second kappa shape index (κ2) is 9.29. The Bertz CT molecular complexity index is 479. The van der Waals surface area contributed by atoms with E-state index < -0.39 is 0 Å². The molecule has 1 aliphatic heterocycles. The fourth-order valence-electron chi connectivity index (χ4n) is 3.06. The molecule has 1 aromatic carbocycles. The van der Waals surface area contributed by atoms with Crippen molar-refractivity contribution < 1.29 is 4.79 Å². The van der Waals surface area contributed by atoms with Crippen LogP contribution in [0.25, 0.3) is 0 Å². The van der Waals surface area contributed by atoms with E-state index in [9.17, 15) is 4.79 Å². The molecular weight excluding hydrogens is 308 g/mol. The van der Waals surface area contributed by atoms with Gasteiger partial charge in [0.15, 0.2) is 0 Å². The molecule has 1 unspecified atom stereocenters. The molecule has 2 N–H and O–H groups in total. The van der Waals surface area contributed by atoms with E-state index in [1.165, 1.54) is 17.5 Å². The van der Waals surface area contributed by atoms with E-state index in [1.807, 2.05) is 18.7 Å². The van der Waals surface area contributed by atoms with Crippen LogP contribution in [-0.2, 0) is 11.2 Å². The van der Waals surface area contributed by atoms with Crippen molar-refractivity contribution in [1.82, 2.24) is 4.90 Å². The fraction of sp³-hybridized carbons (Fsp3) is 0.632. The van der Waals surface area contributed by atoms with E-state index in [2.05, 4.69) is 31.2 Å². The number of carbonyl (C=O) groups excluding carboxylic acids is 1. The number of piperidine rings is 1. The fourth-order valence-corrected chi connectivity index (χ4v) is 3.06. The maximum absolute atomic E-state index is 12.3. The highest BCUT2D eigenvalue weighted by Gasteiger charge is 2.27. The van der Waals surface area contributed by atoms with Crippen molar-refractivity contribution in [2.45, 2.75) is 52.5 Å². The van der Waals surface area contributed by atoms with Gasteiger partial charge in [-0.3, -0.25) is 4.79 Å². The van der Waals surface area contributed by atoms with E-state index in [-0.39, 0.29) is 30.3 Å². The Morgan fingerprint density at radius 2 is 1.78 bits per heavy atom. The van der Waals surface area contributed by atoms with Gasteiger partial charge >= 0.3 is 0 Å². The second-order valence-electron chi connectivity index (χ2n) is 7.06. The smallest absolute Gasteiger partial charge is 0.239 e. The zero-order chi connectivity index (χ0) is 16.1. The van der Waals surface area contributed by atoms with Crippen LogP contribution in [0.2, 0.25) is 0 Å². The monoisotopic (exact) mass is 338 g/mol. The lowest BCUT2D eigenvalue weighted by atomic mass is 9.90. The van der Waals surface area contributed by atoms with Crippen molar-refractivity contribution in [2.24, 2.45) is 17.6 Å². The van der Waals surface area contributed by atoms with Gasteiger partial charge in [0.1, 0.15) is 0 Å². The van der Waals surface area contributed by atoms with E-state index in [0.29, 0.717) is 0 Å². The lowest BCUT2D eigenvalue weighted by molar-refractivity contribution is -0.135. The predicted molar refractivity (Wildman–Crippen MR) is 98.9 cm³/mol. The number of nitrogens with two attached hydrogens (primary N) is 1. The Balaban J connectivity index is 0.00000264. The largest absolute Gasteiger partial charge is 0.341 e. The van der Waals surface area contributed by atoms with Gasteiger partial charge in [-0.15, -0.1) is 12.4 Å². The summed E-state index contributed by atoms with van der Waals surface area (Å²) in [5.74, 6) is 1.08. The molecule has 0 radical (unpaired) electrons. The van der Waals surface area contributed by atoms with Crippen molar-refractivity contribution in [1.29, 1.82) is 0 Å². The molecule has 0 aromatic heterocycles. The van der Waals surface area contributed by atoms with Gasteiger partial charge in [-0.05, 0) is 50.0 Å². The second-order valence-corrected chi connectivity index (χ2v) is 7.06. The van der Waals surface area contributed by atoms with Gasteiger partial charge < -0.3 is 10.6 Å². The first-order valence-electron chi connectivity index (χ1n) is 8.57. The van der Waals surface area contributed by atoms with Crippen LogP contribution in [0.3, 0.4) is 0 Å². The maximum atomic E-state index is 12.3. The van der Waals surface area contributed by atoms with E-state index >= 15 is 0 Å². The number of carbonyl (C=O) groups is 1. The highest BCUT2D eigenvalue weighted by Crippen LogP contribution is 2.23. The van der Waals surface area contributed by atoms with Crippen molar-refractivity contribution in [2.75, 3.05) is 13.1 Å². The van der Waals surface area contributed by atoms with E-state index in [1.54, 1.807) is 0 Å². The Morgan fingerprint density at radius 1 is 1.22 bits per heavy atom. The molecule has 1 fully saturated rings. The van der Waals surface area contributed by atoms with Crippen LogP contribution in [0.4, 0.5) is 0 Å². The third kappa shape index (κ3) is 5.82. The summed E-state index contributed by atoms with van der Waals surface area (Å²) < 4.78 is 0. The van der Waals surface area contributed by atoms with Gasteiger partial charge in [0, 0.05) is 13.1 Å². The number of aryl methyl sites for hydroxylation is 2. The third-order valence-electron chi connectivity index (χ3n) is 4.89. The zero-order valence-corrected chi connectivity index (χ0v) is 15.4. The molecule has 1 amide bonds. The first-order valence-corrected chi connectivity index (χ1v) is 8.57. The molecule has 1 atom stereocenters. The minimum atomic E-state index is -0.343. The van der Waals surface area contributed by atoms with Crippen LogP contribution in [0.5, 0.6) is 0 Å². The van der Waals surface area contributed by atoms with Gasteiger partial charge in [-0.25, -0.2) is 0 Å². The Hall–Kier alpha value is -1.06. The van der Waals surface area contributed by atoms with Crippen LogP contribution < -0.4 is 5.73 Å². The number of amides is 1. The molecule has 3 nitrogen and oxygen atoms in total. The summed E-state index contributed by atoms with van der Waals surface area (Å²) in [6.07, 6.45) is 4.59. The molecule has 0 spiro atoms. The minimum Gasteiger partial charge on any atom is -0.341 e. The first-order chi connectivity index (χ1) is 10.5. The van der Waals surface area contributed by atoms with Crippen LogP contribution in [0.1, 0.15) is 44.2 Å². The summed E-state index contributed by atoms with van der Waals surface area (Å²) in [5, 5.41) is 0. The molecule has 0 aliphatic carbocycles. The minimum absolute atomic E-state index is 0. The van der Waals surface area contributed by atoms with Crippen LogP contribution in [0.15, 0.2) is 24.3 Å². The molecule has 0 bridgehead atoms. The molecule has 1 aromatic rings. The van der Waals surface area contributed by atoms with Gasteiger partial charge in [0.25, 0.3) is 0 Å². The summed E-state index contributed by atoms with van der Waals surface area (Å²) in [7, 11) is 0. The van der Waals surface area contributed by atoms with Gasteiger partial charge in [0.05, 0.1) is 6.04 Å². The number of benzene rings is 1. The third-order valence-corrected chi connectivity index (χ3v) is 4.89. The number of nitrogens with zero attached hydrogens (tertiary/aromatic N) is 1. The highest BCUT2D eigenvalue weighted by atomic mass is 35.5. The molecule has 1 saturated heterocycles. The van der Waals surface area contributed by atoms with Crippen LogP contribution in [-0.4, -0.2) is 29.9 Å². The Kier molecular flexibility index (Phi) is 8.07. The Labute approximate surface area is 147 Å². The predicted octanol–water partition coefficient (Wildman–Crippen LogP) is 3.57. The quantitative estimate of drug-likeness (QED) is 0.892. The van der Waals surface area contributed by atoms with E-state index in [4.69, 9.17) is 5.73 Å². The summed E-state index contributed by atoms with van der Waals surface area (Å²) in [5.41, 5.74) is 8.72. The molecule has 4 heteroatoms. The first kappa shape index (κ1) is 20.0. The summed E-state index contributed by atoms with van der Waals surface area (Å²) in [6.45, 7) is 7.89. The van der Waals surface area contributed by atoms with Crippen molar-refractivity contribution in [3.63, 3.8) is 0 Å². The van der Waals surface area contributed by atoms with Crippen LogP contribution >= 0.6 is 12.4 Å². The molecule has 1 heterocycles. The van der Waals surface area contributed by atoms with Gasteiger partial charge in [0.2, 0.25) is 5.91 Å². The molecule has 130 valence electrons. The topological polar surface area (TPSA) is 46.3 Å². The average molecular weight is 339 g/mol. The molecule has 2 rings (SSSR count). The highest BCUT2D eigenvalue weighted by molar-refractivity contribution is 5.85. The standard InChI is InChI=1S/C19H30N2O.ClH/c1-14(2)18(20)19(22)21-12-10-17(11-13-21)9-8-16-6-4-15(3)5-7-16;/h4-7,14,17-18H,8-13,20H2,1-3H3;1H. The molecule has 1 aliphatic rings. The number of rotatable bonds is 5. The Morgan fingerprint density at radius 3 is 2.30 bits per heavy atom. The molecule has 0 saturated carbocycles. The number of hydrogen-bond acceptors (Lipinski definition) is 2. The van der Waals surface area contributed by atoms with Gasteiger partial charge in [-0.1, -0.05) is 43.7 Å². The summed E-state index contributed by atoms with van der Waals surface area (Å²) >= 11 is 0.